The summed E-state index contributed by atoms with van der Waals surface area (Å²) >= 11 is 1.49. The van der Waals surface area contributed by atoms with Crippen LogP contribution in [0.5, 0.6) is 0 Å². The number of urea groups is 1. The monoisotopic (exact) mass is 477 g/mol. The number of aromatic nitrogens is 3. The number of anilines is 3. The number of rotatable bonds is 7. The third-order valence-corrected chi connectivity index (χ3v) is 6.26. The standard InChI is InChI=1S/C23H23N7O3S/c1-14-26-12-20(34-14)17-8-15-4-3-6-30(22(15)28-19(17)13-31)23(32)29-21-9-18(25-5-7-33-2)16(10-24)11-27-21/h8-9,11-13H,3-7H2,1-2H3,(H2,25,27,29,32). The molecule has 0 bridgehead atoms. The summed E-state index contributed by atoms with van der Waals surface area (Å²) < 4.78 is 5.03. The fraction of sp³-hybridized carbons (Fsp3) is 0.304. The second-order valence-electron chi connectivity index (χ2n) is 7.60. The van der Waals surface area contributed by atoms with Crippen LogP contribution in [-0.2, 0) is 11.2 Å². The minimum Gasteiger partial charge on any atom is -0.383 e. The van der Waals surface area contributed by atoms with E-state index in [1.54, 1.807) is 19.4 Å². The molecule has 0 radical (unpaired) electrons. The van der Waals surface area contributed by atoms with Gasteiger partial charge >= 0.3 is 6.03 Å². The number of methoxy groups -OCH3 is 1. The molecule has 1 aliphatic heterocycles. The van der Waals surface area contributed by atoms with E-state index in [0.29, 0.717) is 48.9 Å². The number of ether oxygens (including phenoxy) is 1. The smallest absolute Gasteiger partial charge is 0.328 e. The van der Waals surface area contributed by atoms with Crippen LogP contribution in [-0.4, -0.2) is 54.1 Å². The number of aryl methyl sites for hydroxylation is 2. The van der Waals surface area contributed by atoms with Crippen LogP contribution in [0.25, 0.3) is 10.4 Å². The lowest BCUT2D eigenvalue weighted by Crippen LogP contribution is -2.39. The molecule has 0 fully saturated rings. The molecule has 0 saturated carbocycles. The van der Waals surface area contributed by atoms with Gasteiger partial charge in [-0.1, -0.05) is 0 Å². The highest BCUT2D eigenvalue weighted by Crippen LogP contribution is 2.34. The Labute approximate surface area is 200 Å². The molecule has 4 rings (SSSR count). The zero-order valence-corrected chi connectivity index (χ0v) is 19.6. The van der Waals surface area contributed by atoms with E-state index in [9.17, 15) is 14.9 Å². The average Bonchev–Trinajstić information content (AvgIpc) is 3.29. The number of carbonyl (C=O) groups is 2. The third-order valence-electron chi connectivity index (χ3n) is 5.32. The lowest BCUT2D eigenvalue weighted by atomic mass is 10.0. The highest BCUT2D eigenvalue weighted by molar-refractivity contribution is 7.15. The van der Waals surface area contributed by atoms with E-state index in [1.165, 1.54) is 22.4 Å². The summed E-state index contributed by atoms with van der Waals surface area (Å²) in [6.07, 6.45) is 5.35. The molecule has 1 aliphatic rings. The maximum Gasteiger partial charge on any atom is 0.328 e. The molecule has 174 valence electrons. The first kappa shape index (κ1) is 23.3. The minimum atomic E-state index is -0.410. The van der Waals surface area contributed by atoms with Gasteiger partial charge in [0.25, 0.3) is 0 Å². The topological polar surface area (TPSA) is 133 Å². The number of hydrogen-bond donors (Lipinski definition) is 2. The van der Waals surface area contributed by atoms with Crippen LogP contribution in [0.15, 0.2) is 24.5 Å². The van der Waals surface area contributed by atoms with Crippen molar-refractivity contribution in [3.63, 3.8) is 0 Å². The average molecular weight is 478 g/mol. The molecule has 2 amide bonds. The SMILES string of the molecule is COCCNc1cc(NC(=O)N2CCCc3cc(-c4cnc(C)s4)c(C=O)nc32)ncc1C#N. The van der Waals surface area contributed by atoms with Crippen LogP contribution >= 0.6 is 11.3 Å². The maximum atomic E-state index is 13.1. The molecule has 0 saturated heterocycles. The largest absolute Gasteiger partial charge is 0.383 e. The van der Waals surface area contributed by atoms with Crippen LogP contribution < -0.4 is 15.5 Å². The van der Waals surface area contributed by atoms with Crippen molar-refractivity contribution in [1.82, 2.24) is 15.0 Å². The summed E-state index contributed by atoms with van der Waals surface area (Å²) in [5.41, 5.74) is 2.79. The Morgan fingerprint density at radius 1 is 1.35 bits per heavy atom. The number of thiazole rings is 1. The molecule has 0 atom stereocenters. The fourth-order valence-electron chi connectivity index (χ4n) is 3.70. The predicted octanol–water partition coefficient (Wildman–Crippen LogP) is 3.64. The number of hydrogen-bond acceptors (Lipinski definition) is 9. The van der Waals surface area contributed by atoms with Gasteiger partial charge in [-0.2, -0.15) is 5.26 Å². The predicted molar refractivity (Wildman–Crippen MR) is 129 cm³/mol. The molecule has 3 aromatic rings. The van der Waals surface area contributed by atoms with Crippen molar-refractivity contribution in [2.24, 2.45) is 0 Å². The van der Waals surface area contributed by atoms with Crippen molar-refractivity contribution in [2.75, 3.05) is 42.3 Å². The molecular weight excluding hydrogens is 454 g/mol. The normalized spacial score (nSPS) is 12.6. The van der Waals surface area contributed by atoms with E-state index in [0.717, 1.165) is 33.9 Å². The molecule has 11 heteroatoms. The highest BCUT2D eigenvalue weighted by atomic mass is 32.1. The number of pyridine rings is 2. The molecule has 34 heavy (non-hydrogen) atoms. The number of nitriles is 1. The van der Waals surface area contributed by atoms with E-state index in [1.807, 2.05) is 13.0 Å². The van der Waals surface area contributed by atoms with Gasteiger partial charge in [-0.05, 0) is 31.4 Å². The van der Waals surface area contributed by atoms with Crippen LogP contribution in [0, 0.1) is 18.3 Å². The molecular formula is C23H23N7O3S. The Bertz CT molecular complexity index is 1270. The number of amides is 2. The van der Waals surface area contributed by atoms with Crippen molar-refractivity contribution in [2.45, 2.75) is 19.8 Å². The van der Waals surface area contributed by atoms with Gasteiger partial charge in [0.2, 0.25) is 0 Å². The van der Waals surface area contributed by atoms with Gasteiger partial charge in [-0.15, -0.1) is 11.3 Å². The minimum absolute atomic E-state index is 0.267. The summed E-state index contributed by atoms with van der Waals surface area (Å²) in [5, 5.41) is 16.1. The Hall–Kier alpha value is -3.88. The maximum absolute atomic E-state index is 13.1. The summed E-state index contributed by atoms with van der Waals surface area (Å²) in [7, 11) is 1.59. The zero-order chi connectivity index (χ0) is 24.1. The molecule has 0 aromatic carbocycles. The first-order chi connectivity index (χ1) is 16.5. The quantitative estimate of drug-likeness (QED) is 0.389. The van der Waals surface area contributed by atoms with Crippen molar-refractivity contribution < 1.29 is 14.3 Å². The van der Waals surface area contributed by atoms with Crippen molar-refractivity contribution >= 4 is 41.0 Å². The first-order valence-electron chi connectivity index (χ1n) is 10.7. The number of nitrogens with one attached hydrogen (secondary N) is 2. The van der Waals surface area contributed by atoms with Gasteiger partial charge in [-0.25, -0.2) is 19.7 Å². The third kappa shape index (κ3) is 4.88. The van der Waals surface area contributed by atoms with E-state index < -0.39 is 6.03 Å². The van der Waals surface area contributed by atoms with Gasteiger partial charge in [0.15, 0.2) is 6.29 Å². The Morgan fingerprint density at radius 3 is 2.91 bits per heavy atom. The van der Waals surface area contributed by atoms with Gasteiger partial charge in [0, 0.05) is 44.2 Å². The molecule has 3 aromatic heterocycles. The zero-order valence-electron chi connectivity index (χ0n) is 18.8. The summed E-state index contributed by atoms with van der Waals surface area (Å²) in [6, 6.07) is 5.20. The molecule has 0 unspecified atom stereocenters. The van der Waals surface area contributed by atoms with Gasteiger partial charge in [0.05, 0.1) is 27.7 Å². The lowest BCUT2D eigenvalue weighted by molar-refractivity contribution is 0.111. The van der Waals surface area contributed by atoms with Crippen molar-refractivity contribution in [1.29, 1.82) is 5.26 Å². The highest BCUT2D eigenvalue weighted by Gasteiger charge is 2.27. The Kier molecular flexibility index (Phi) is 7.10. The van der Waals surface area contributed by atoms with E-state index in [2.05, 4.69) is 31.7 Å². The molecule has 10 nitrogen and oxygen atoms in total. The molecule has 0 aliphatic carbocycles. The van der Waals surface area contributed by atoms with Gasteiger partial charge < -0.3 is 10.1 Å². The van der Waals surface area contributed by atoms with Crippen LogP contribution in [0.2, 0.25) is 0 Å². The Balaban J connectivity index is 1.60. The summed E-state index contributed by atoms with van der Waals surface area (Å²) in [6.45, 7) is 3.33. The molecule has 0 spiro atoms. The van der Waals surface area contributed by atoms with Crippen LogP contribution in [0.3, 0.4) is 0 Å². The number of carbonyl (C=O) groups excluding carboxylic acids is 2. The fourth-order valence-corrected chi connectivity index (χ4v) is 4.51. The lowest BCUT2D eigenvalue weighted by Gasteiger charge is -2.29. The number of nitrogens with zero attached hydrogens (tertiary/aromatic N) is 5. The summed E-state index contributed by atoms with van der Waals surface area (Å²) in [5.74, 6) is 0.756. The van der Waals surface area contributed by atoms with Gasteiger partial charge in [-0.3, -0.25) is 15.0 Å². The van der Waals surface area contributed by atoms with E-state index >= 15 is 0 Å². The number of fused-ring (bicyclic) bond motifs is 1. The van der Waals surface area contributed by atoms with Crippen molar-refractivity contribution in [3.05, 3.63) is 46.4 Å². The van der Waals surface area contributed by atoms with Crippen molar-refractivity contribution in [3.8, 4) is 16.5 Å². The number of aldehydes is 1. The summed E-state index contributed by atoms with van der Waals surface area (Å²) in [4.78, 5) is 40.4. The van der Waals surface area contributed by atoms with Gasteiger partial charge in [0.1, 0.15) is 23.4 Å². The molecule has 2 N–H and O–H groups in total. The molecule has 4 heterocycles. The second kappa shape index (κ2) is 10.4. The van der Waals surface area contributed by atoms with E-state index in [-0.39, 0.29) is 5.69 Å². The first-order valence-corrected chi connectivity index (χ1v) is 11.5. The van der Waals surface area contributed by atoms with E-state index in [4.69, 9.17) is 4.74 Å². The second-order valence-corrected chi connectivity index (χ2v) is 8.83. The Morgan fingerprint density at radius 2 is 2.21 bits per heavy atom. The van der Waals surface area contributed by atoms with Crippen LogP contribution in [0.1, 0.15) is 33.0 Å². The van der Waals surface area contributed by atoms with Crippen LogP contribution in [0.4, 0.5) is 22.1 Å².